The molecule has 0 unspecified atom stereocenters. The van der Waals surface area contributed by atoms with Crippen molar-refractivity contribution in [3.05, 3.63) is 42.2 Å². The van der Waals surface area contributed by atoms with E-state index >= 15 is 0 Å². The summed E-state index contributed by atoms with van der Waals surface area (Å²) in [5, 5.41) is 6.38. The van der Waals surface area contributed by atoms with Crippen LogP contribution in [0.15, 0.2) is 36.5 Å². The number of pyridine rings is 1. The zero-order valence-corrected chi connectivity index (χ0v) is 14.7. The maximum Gasteiger partial charge on any atom is 0.274 e. The Hall–Kier alpha value is -2.76. The molecule has 1 aliphatic carbocycles. The molecule has 2 heterocycles. The fourth-order valence-corrected chi connectivity index (χ4v) is 3.44. The molecule has 1 aromatic carbocycles. The molecule has 6 heteroatoms. The summed E-state index contributed by atoms with van der Waals surface area (Å²) >= 11 is 0. The minimum absolute atomic E-state index is 0.212. The van der Waals surface area contributed by atoms with E-state index in [1.807, 2.05) is 6.07 Å². The number of rotatable bonds is 4. The summed E-state index contributed by atoms with van der Waals surface area (Å²) in [4.78, 5) is 16.7. The van der Waals surface area contributed by atoms with E-state index in [2.05, 4.69) is 15.6 Å². The molecule has 2 N–H and O–H groups in total. The van der Waals surface area contributed by atoms with Gasteiger partial charge in [-0.3, -0.25) is 4.79 Å². The van der Waals surface area contributed by atoms with Crippen molar-refractivity contribution < 1.29 is 14.3 Å². The summed E-state index contributed by atoms with van der Waals surface area (Å²) < 4.78 is 10.6. The van der Waals surface area contributed by atoms with Crippen LogP contribution in [0.2, 0.25) is 0 Å². The van der Waals surface area contributed by atoms with E-state index in [1.165, 1.54) is 38.5 Å². The molecule has 2 aromatic rings. The molecule has 1 aliphatic heterocycles. The lowest BCUT2D eigenvalue weighted by molar-refractivity contribution is 0.102. The number of carbonyl (C=O) groups is 1. The number of hydrogen-bond acceptors (Lipinski definition) is 5. The zero-order chi connectivity index (χ0) is 17.8. The number of aromatic nitrogens is 1. The lowest BCUT2D eigenvalue weighted by atomic mass is 10.1. The molecular weight excluding hydrogens is 330 g/mol. The number of amides is 1. The second-order valence-corrected chi connectivity index (χ2v) is 6.79. The van der Waals surface area contributed by atoms with Crippen LogP contribution in [-0.2, 0) is 0 Å². The van der Waals surface area contributed by atoms with Gasteiger partial charge in [-0.2, -0.15) is 0 Å². The summed E-state index contributed by atoms with van der Waals surface area (Å²) in [6.45, 7) is 0.212. The SMILES string of the molecule is O=C(Nc1ccc2c(c1)OCO2)c1ccc(NC2CCCCCC2)cn1. The highest BCUT2D eigenvalue weighted by Gasteiger charge is 2.16. The van der Waals surface area contributed by atoms with Crippen LogP contribution in [0.4, 0.5) is 11.4 Å². The van der Waals surface area contributed by atoms with Crippen LogP contribution in [0, 0.1) is 0 Å². The van der Waals surface area contributed by atoms with Crippen molar-refractivity contribution in [1.29, 1.82) is 0 Å². The molecule has 1 amide bonds. The van der Waals surface area contributed by atoms with Gasteiger partial charge in [-0.15, -0.1) is 0 Å². The van der Waals surface area contributed by atoms with Crippen LogP contribution in [0.25, 0.3) is 0 Å². The van der Waals surface area contributed by atoms with Crippen LogP contribution in [0.1, 0.15) is 49.0 Å². The molecule has 4 rings (SSSR count). The Morgan fingerprint density at radius 3 is 2.50 bits per heavy atom. The minimum Gasteiger partial charge on any atom is -0.454 e. The van der Waals surface area contributed by atoms with E-state index in [0.717, 1.165) is 5.69 Å². The fourth-order valence-electron chi connectivity index (χ4n) is 3.44. The molecule has 0 radical (unpaired) electrons. The first-order valence-corrected chi connectivity index (χ1v) is 9.21. The number of anilines is 2. The van der Waals surface area contributed by atoms with E-state index in [0.29, 0.717) is 28.9 Å². The first kappa shape index (κ1) is 16.7. The Kier molecular flexibility index (Phi) is 4.91. The second kappa shape index (κ2) is 7.64. The zero-order valence-electron chi connectivity index (χ0n) is 14.7. The van der Waals surface area contributed by atoms with E-state index < -0.39 is 0 Å². The molecule has 0 spiro atoms. The highest BCUT2D eigenvalue weighted by molar-refractivity contribution is 6.03. The van der Waals surface area contributed by atoms with Gasteiger partial charge in [-0.25, -0.2) is 4.98 Å². The Labute approximate surface area is 152 Å². The second-order valence-electron chi connectivity index (χ2n) is 6.79. The van der Waals surface area contributed by atoms with Crippen LogP contribution in [0.3, 0.4) is 0 Å². The standard InChI is InChI=1S/C20H23N3O3/c24-20(23-15-8-10-18-19(11-15)26-13-25-18)17-9-7-16(12-21-17)22-14-5-3-1-2-4-6-14/h7-12,14,22H,1-6,13H2,(H,23,24). The number of carbonyl (C=O) groups excluding carboxylic acids is 1. The number of benzene rings is 1. The summed E-state index contributed by atoms with van der Waals surface area (Å²) in [7, 11) is 0. The number of nitrogens with one attached hydrogen (secondary N) is 2. The van der Waals surface area contributed by atoms with Gasteiger partial charge in [0.15, 0.2) is 11.5 Å². The molecule has 0 bridgehead atoms. The molecule has 0 saturated heterocycles. The van der Waals surface area contributed by atoms with Gasteiger partial charge in [0.2, 0.25) is 6.79 Å². The summed E-state index contributed by atoms with van der Waals surface area (Å²) in [6.07, 6.45) is 9.35. The normalized spacial score (nSPS) is 16.8. The lowest BCUT2D eigenvalue weighted by Gasteiger charge is -2.17. The van der Waals surface area contributed by atoms with Crippen molar-refractivity contribution >= 4 is 17.3 Å². The molecule has 6 nitrogen and oxygen atoms in total. The van der Waals surface area contributed by atoms with Crippen LogP contribution in [-0.4, -0.2) is 23.7 Å². The summed E-state index contributed by atoms with van der Waals surface area (Å²) in [5.41, 5.74) is 2.01. The lowest BCUT2D eigenvalue weighted by Crippen LogP contribution is -2.19. The number of nitrogens with zero attached hydrogens (tertiary/aromatic N) is 1. The van der Waals surface area contributed by atoms with Crippen molar-refractivity contribution in [2.45, 2.75) is 44.6 Å². The largest absolute Gasteiger partial charge is 0.454 e. The molecule has 26 heavy (non-hydrogen) atoms. The highest BCUT2D eigenvalue weighted by Crippen LogP contribution is 2.34. The number of hydrogen-bond donors (Lipinski definition) is 2. The minimum atomic E-state index is -0.245. The van der Waals surface area contributed by atoms with E-state index in [1.54, 1.807) is 30.5 Å². The molecular formula is C20H23N3O3. The van der Waals surface area contributed by atoms with Crippen molar-refractivity contribution in [2.24, 2.45) is 0 Å². The van der Waals surface area contributed by atoms with Crippen molar-refractivity contribution in [2.75, 3.05) is 17.4 Å². The van der Waals surface area contributed by atoms with Crippen molar-refractivity contribution in [1.82, 2.24) is 4.98 Å². The smallest absolute Gasteiger partial charge is 0.274 e. The quantitative estimate of drug-likeness (QED) is 0.806. The molecule has 1 saturated carbocycles. The topological polar surface area (TPSA) is 72.5 Å². The average Bonchev–Trinajstić information content (AvgIpc) is 2.97. The fraction of sp³-hybridized carbons (Fsp3) is 0.400. The Balaban J connectivity index is 1.37. The van der Waals surface area contributed by atoms with Crippen LogP contribution < -0.4 is 20.1 Å². The van der Waals surface area contributed by atoms with Gasteiger partial charge in [0.05, 0.1) is 11.9 Å². The number of fused-ring (bicyclic) bond motifs is 1. The number of ether oxygens (including phenoxy) is 2. The van der Waals surface area contributed by atoms with Crippen molar-refractivity contribution in [3.8, 4) is 11.5 Å². The van der Waals surface area contributed by atoms with Crippen molar-refractivity contribution in [3.63, 3.8) is 0 Å². The Morgan fingerprint density at radius 2 is 1.73 bits per heavy atom. The third-order valence-corrected chi connectivity index (χ3v) is 4.85. The van der Waals surface area contributed by atoms with Gasteiger partial charge in [0, 0.05) is 17.8 Å². The summed E-state index contributed by atoms with van der Waals surface area (Å²) in [6, 6.07) is 9.50. The maximum atomic E-state index is 12.4. The van der Waals surface area contributed by atoms with Crippen LogP contribution in [0.5, 0.6) is 11.5 Å². The third kappa shape index (κ3) is 3.90. The van der Waals surface area contributed by atoms with Gasteiger partial charge in [-0.1, -0.05) is 25.7 Å². The predicted molar refractivity (Wildman–Crippen MR) is 99.9 cm³/mol. The monoisotopic (exact) mass is 353 g/mol. The van der Waals surface area contributed by atoms with Gasteiger partial charge < -0.3 is 20.1 Å². The van der Waals surface area contributed by atoms with Gasteiger partial charge in [0.25, 0.3) is 5.91 Å². The molecule has 0 atom stereocenters. The molecule has 136 valence electrons. The van der Waals surface area contributed by atoms with Gasteiger partial charge in [0.1, 0.15) is 5.69 Å². The Bertz CT molecular complexity index is 768. The van der Waals surface area contributed by atoms with E-state index in [4.69, 9.17) is 9.47 Å². The Morgan fingerprint density at radius 1 is 0.962 bits per heavy atom. The average molecular weight is 353 g/mol. The predicted octanol–water partition coefficient (Wildman–Crippen LogP) is 4.20. The van der Waals surface area contributed by atoms with Gasteiger partial charge >= 0.3 is 0 Å². The summed E-state index contributed by atoms with van der Waals surface area (Å²) in [5.74, 6) is 1.08. The third-order valence-electron chi connectivity index (χ3n) is 4.85. The van der Waals surface area contributed by atoms with E-state index in [9.17, 15) is 4.79 Å². The molecule has 1 aromatic heterocycles. The van der Waals surface area contributed by atoms with Crippen LogP contribution >= 0.6 is 0 Å². The van der Waals surface area contributed by atoms with E-state index in [-0.39, 0.29) is 12.7 Å². The first-order valence-electron chi connectivity index (χ1n) is 9.21. The highest BCUT2D eigenvalue weighted by atomic mass is 16.7. The molecule has 2 aliphatic rings. The van der Waals surface area contributed by atoms with Gasteiger partial charge in [-0.05, 0) is 37.1 Å². The first-order chi connectivity index (χ1) is 12.8. The molecule has 1 fully saturated rings. The maximum absolute atomic E-state index is 12.4.